The van der Waals surface area contributed by atoms with Crippen molar-refractivity contribution in [3.05, 3.63) is 0 Å². The van der Waals surface area contributed by atoms with Gasteiger partial charge in [-0.2, -0.15) is 0 Å². The van der Waals surface area contributed by atoms with Crippen LogP contribution in [0.5, 0.6) is 0 Å². The van der Waals surface area contributed by atoms with Crippen molar-refractivity contribution in [1.82, 2.24) is 16.0 Å². The van der Waals surface area contributed by atoms with Crippen molar-refractivity contribution in [3.63, 3.8) is 0 Å². The number of carboxylic acids is 1. The van der Waals surface area contributed by atoms with E-state index in [4.69, 9.17) is 9.84 Å². The molecule has 0 aliphatic heterocycles. The fourth-order valence-electron chi connectivity index (χ4n) is 3.52. The molecule has 6 nitrogen and oxygen atoms in total. The number of ether oxygens (including phenoxy) is 1. The molecule has 6 heteroatoms. The molecule has 0 bridgehead atoms. The lowest BCUT2D eigenvalue weighted by Gasteiger charge is -2.08. The molecule has 0 aliphatic carbocycles. The summed E-state index contributed by atoms with van der Waals surface area (Å²) in [4.78, 5) is 10.4. The Bertz CT molecular complexity index is 357. The molecule has 0 heterocycles. The highest BCUT2D eigenvalue weighted by molar-refractivity contribution is 5.66. The van der Waals surface area contributed by atoms with Gasteiger partial charge in [-0.3, -0.25) is 4.79 Å². The van der Waals surface area contributed by atoms with Gasteiger partial charge in [-0.15, -0.1) is 0 Å². The Morgan fingerprint density at radius 2 is 1.06 bits per heavy atom. The Morgan fingerprint density at radius 1 is 0.581 bits per heavy atom. The summed E-state index contributed by atoms with van der Waals surface area (Å²) < 4.78 is 5.68. The summed E-state index contributed by atoms with van der Waals surface area (Å²) in [5.74, 6) is -0.667. The largest absolute Gasteiger partial charge is 0.481 e. The number of carboxylic acid groups (broad SMARTS) is 1. The Labute approximate surface area is 192 Å². The zero-order chi connectivity index (χ0) is 22.7. The average Bonchev–Trinajstić information content (AvgIpc) is 2.76. The van der Waals surface area contributed by atoms with E-state index in [-0.39, 0.29) is 0 Å². The quantitative estimate of drug-likeness (QED) is 0.137. The van der Waals surface area contributed by atoms with Gasteiger partial charge in [0, 0.05) is 19.6 Å². The second kappa shape index (κ2) is 27.3. The van der Waals surface area contributed by atoms with Crippen molar-refractivity contribution in [1.29, 1.82) is 0 Å². The van der Waals surface area contributed by atoms with Crippen molar-refractivity contribution in [2.24, 2.45) is 0 Å². The SMILES string of the molecule is CCCCCNCCCNCCCOCCNCCCCCCCCCCCC(=O)O. The van der Waals surface area contributed by atoms with Gasteiger partial charge in [-0.1, -0.05) is 64.7 Å². The number of nitrogens with one attached hydrogen (secondary N) is 3. The predicted octanol–water partition coefficient (Wildman–Crippen LogP) is 4.73. The van der Waals surface area contributed by atoms with Gasteiger partial charge in [-0.25, -0.2) is 0 Å². The summed E-state index contributed by atoms with van der Waals surface area (Å²) in [6.07, 6.45) is 17.3. The Balaban J connectivity index is 3.00. The molecule has 186 valence electrons. The van der Waals surface area contributed by atoms with E-state index in [0.717, 1.165) is 71.7 Å². The fourth-order valence-corrected chi connectivity index (χ4v) is 3.52. The van der Waals surface area contributed by atoms with E-state index in [0.29, 0.717) is 6.42 Å². The molecule has 0 saturated carbocycles. The second-order valence-electron chi connectivity index (χ2n) is 8.60. The van der Waals surface area contributed by atoms with E-state index in [1.165, 1.54) is 70.6 Å². The first-order valence-electron chi connectivity index (χ1n) is 13.2. The summed E-state index contributed by atoms with van der Waals surface area (Å²) in [5.41, 5.74) is 0. The molecule has 0 radical (unpaired) electrons. The lowest BCUT2D eigenvalue weighted by atomic mass is 10.1. The number of unbranched alkanes of at least 4 members (excludes halogenated alkanes) is 10. The highest BCUT2D eigenvalue weighted by Crippen LogP contribution is 2.10. The molecule has 0 amide bonds. The maximum atomic E-state index is 10.4. The van der Waals surface area contributed by atoms with E-state index in [1.54, 1.807) is 0 Å². The number of hydrogen-bond donors (Lipinski definition) is 4. The average molecular weight is 444 g/mol. The van der Waals surface area contributed by atoms with E-state index < -0.39 is 5.97 Å². The van der Waals surface area contributed by atoms with Gasteiger partial charge < -0.3 is 25.8 Å². The summed E-state index contributed by atoms with van der Waals surface area (Å²) in [6, 6.07) is 0. The smallest absolute Gasteiger partial charge is 0.303 e. The van der Waals surface area contributed by atoms with Crippen molar-refractivity contribution in [2.45, 2.75) is 103 Å². The standard InChI is InChI=1S/C25H53N3O3/c1-2-3-12-17-26-19-14-20-27-21-15-23-31-24-22-28-18-13-10-8-6-4-5-7-9-11-16-25(29)30/h26-28H,2-24H2,1H3,(H,29,30). The van der Waals surface area contributed by atoms with Crippen molar-refractivity contribution < 1.29 is 14.6 Å². The number of carbonyl (C=O) groups is 1. The van der Waals surface area contributed by atoms with Crippen molar-refractivity contribution >= 4 is 5.97 Å². The van der Waals surface area contributed by atoms with Gasteiger partial charge in [0.2, 0.25) is 0 Å². The molecule has 0 rings (SSSR count). The van der Waals surface area contributed by atoms with Crippen LogP contribution < -0.4 is 16.0 Å². The van der Waals surface area contributed by atoms with E-state index in [2.05, 4.69) is 22.9 Å². The van der Waals surface area contributed by atoms with Crippen LogP contribution in [0, 0.1) is 0 Å². The summed E-state index contributed by atoms with van der Waals surface area (Å²) in [6.45, 7) is 10.4. The lowest BCUT2D eigenvalue weighted by molar-refractivity contribution is -0.137. The predicted molar refractivity (Wildman–Crippen MR) is 132 cm³/mol. The van der Waals surface area contributed by atoms with Crippen LogP contribution in [0.1, 0.15) is 103 Å². The minimum atomic E-state index is -0.667. The van der Waals surface area contributed by atoms with Gasteiger partial charge >= 0.3 is 5.97 Å². The highest BCUT2D eigenvalue weighted by Gasteiger charge is 1.97. The highest BCUT2D eigenvalue weighted by atomic mass is 16.5. The Hall–Kier alpha value is -0.690. The van der Waals surface area contributed by atoms with Crippen LogP contribution in [0.15, 0.2) is 0 Å². The molecule has 4 N–H and O–H groups in total. The van der Waals surface area contributed by atoms with E-state index in [9.17, 15) is 4.79 Å². The van der Waals surface area contributed by atoms with E-state index >= 15 is 0 Å². The fraction of sp³-hybridized carbons (Fsp3) is 0.960. The van der Waals surface area contributed by atoms with Crippen LogP contribution in [-0.2, 0) is 9.53 Å². The zero-order valence-corrected chi connectivity index (χ0v) is 20.5. The molecule has 0 aromatic heterocycles. The molecule has 0 atom stereocenters. The van der Waals surface area contributed by atoms with Gasteiger partial charge in [0.25, 0.3) is 0 Å². The Kier molecular flexibility index (Phi) is 26.7. The first-order valence-corrected chi connectivity index (χ1v) is 13.2. The maximum Gasteiger partial charge on any atom is 0.303 e. The first kappa shape index (κ1) is 30.3. The third-order valence-electron chi connectivity index (χ3n) is 5.47. The summed E-state index contributed by atoms with van der Waals surface area (Å²) in [7, 11) is 0. The maximum absolute atomic E-state index is 10.4. The Morgan fingerprint density at radius 3 is 1.68 bits per heavy atom. The molecule has 0 spiro atoms. The van der Waals surface area contributed by atoms with Crippen LogP contribution in [0.4, 0.5) is 0 Å². The monoisotopic (exact) mass is 443 g/mol. The molecular weight excluding hydrogens is 390 g/mol. The number of hydrogen-bond acceptors (Lipinski definition) is 5. The van der Waals surface area contributed by atoms with Crippen LogP contribution >= 0.6 is 0 Å². The number of rotatable bonds is 27. The topological polar surface area (TPSA) is 82.6 Å². The first-order chi connectivity index (χ1) is 15.3. The molecule has 0 fully saturated rings. The van der Waals surface area contributed by atoms with Crippen LogP contribution in [0.25, 0.3) is 0 Å². The van der Waals surface area contributed by atoms with Crippen LogP contribution in [0.2, 0.25) is 0 Å². The van der Waals surface area contributed by atoms with Crippen molar-refractivity contribution in [3.8, 4) is 0 Å². The second-order valence-corrected chi connectivity index (χ2v) is 8.60. The van der Waals surface area contributed by atoms with Gasteiger partial charge in [-0.05, 0) is 64.8 Å². The van der Waals surface area contributed by atoms with Gasteiger partial charge in [0.05, 0.1) is 6.61 Å². The van der Waals surface area contributed by atoms with E-state index in [1.807, 2.05) is 0 Å². The number of aliphatic carboxylic acids is 1. The van der Waals surface area contributed by atoms with Crippen LogP contribution in [0.3, 0.4) is 0 Å². The third kappa shape index (κ3) is 29.3. The van der Waals surface area contributed by atoms with Crippen LogP contribution in [-0.4, -0.2) is 63.6 Å². The zero-order valence-electron chi connectivity index (χ0n) is 20.5. The molecule has 0 aromatic rings. The van der Waals surface area contributed by atoms with Crippen molar-refractivity contribution in [2.75, 3.05) is 52.5 Å². The molecule has 0 saturated heterocycles. The normalized spacial score (nSPS) is 11.3. The molecule has 0 aliphatic rings. The summed E-state index contributed by atoms with van der Waals surface area (Å²) >= 11 is 0. The van der Waals surface area contributed by atoms with Gasteiger partial charge in [0.1, 0.15) is 0 Å². The molecular formula is C25H53N3O3. The molecule has 31 heavy (non-hydrogen) atoms. The van der Waals surface area contributed by atoms with Gasteiger partial charge in [0.15, 0.2) is 0 Å². The molecule has 0 unspecified atom stereocenters. The third-order valence-corrected chi connectivity index (χ3v) is 5.47. The molecule has 0 aromatic carbocycles. The minimum Gasteiger partial charge on any atom is -0.481 e. The minimum absolute atomic E-state index is 0.326. The lowest BCUT2D eigenvalue weighted by Crippen LogP contribution is -2.24. The summed E-state index contributed by atoms with van der Waals surface area (Å²) in [5, 5.41) is 19.0.